The van der Waals surface area contributed by atoms with E-state index in [4.69, 9.17) is 9.47 Å². The van der Waals surface area contributed by atoms with Crippen molar-refractivity contribution in [2.75, 3.05) is 19.7 Å². The first kappa shape index (κ1) is 16.0. The Kier molecular flexibility index (Phi) is 6.70. The minimum absolute atomic E-state index is 0.127. The van der Waals surface area contributed by atoms with Gasteiger partial charge in [-0.1, -0.05) is 37.3 Å². The van der Waals surface area contributed by atoms with E-state index in [2.05, 4.69) is 5.32 Å². The number of ether oxygens (including phenoxy) is 2. The number of esters is 1. The van der Waals surface area contributed by atoms with Crippen LogP contribution in [0.4, 0.5) is 0 Å². The maximum absolute atomic E-state index is 11.9. The summed E-state index contributed by atoms with van der Waals surface area (Å²) in [5.74, 6) is -0.276. The molecule has 1 N–H and O–H groups in total. The molecule has 2 atom stereocenters. The lowest BCUT2D eigenvalue weighted by molar-refractivity contribution is -0.149. The van der Waals surface area contributed by atoms with E-state index in [-0.39, 0.29) is 11.9 Å². The number of rotatable bonds is 8. The number of carbonyl (C=O) groups is 1. The Balaban J connectivity index is 1.56. The largest absolute Gasteiger partial charge is 0.461 e. The quantitative estimate of drug-likeness (QED) is 0.590. The van der Waals surface area contributed by atoms with Crippen molar-refractivity contribution in [1.29, 1.82) is 0 Å². The third-order valence-corrected chi connectivity index (χ3v) is 3.74. The third kappa shape index (κ3) is 5.86. The summed E-state index contributed by atoms with van der Waals surface area (Å²) in [6.45, 7) is 4.68. The van der Waals surface area contributed by atoms with Crippen molar-refractivity contribution >= 4 is 5.97 Å². The molecule has 0 aromatic heterocycles. The van der Waals surface area contributed by atoms with E-state index in [1.807, 2.05) is 37.3 Å². The minimum atomic E-state index is -0.150. The summed E-state index contributed by atoms with van der Waals surface area (Å²) in [7, 11) is 0. The molecule has 0 saturated carbocycles. The van der Waals surface area contributed by atoms with E-state index in [1.165, 1.54) is 6.42 Å². The van der Waals surface area contributed by atoms with Crippen molar-refractivity contribution in [1.82, 2.24) is 5.32 Å². The van der Waals surface area contributed by atoms with Gasteiger partial charge in [-0.2, -0.15) is 0 Å². The SMILES string of the molecule is CC(CNCCC1CCCO1)C(=O)OCc1ccccc1. The van der Waals surface area contributed by atoms with Crippen LogP contribution >= 0.6 is 0 Å². The molecule has 2 unspecified atom stereocenters. The number of hydrogen-bond acceptors (Lipinski definition) is 4. The highest BCUT2D eigenvalue weighted by atomic mass is 16.5. The Bertz CT molecular complexity index is 415. The molecule has 1 aromatic carbocycles. The molecule has 116 valence electrons. The van der Waals surface area contributed by atoms with Crippen LogP contribution in [-0.4, -0.2) is 31.8 Å². The maximum atomic E-state index is 11.9. The van der Waals surface area contributed by atoms with Crippen LogP contribution in [0, 0.1) is 5.92 Å². The Hall–Kier alpha value is -1.39. The fourth-order valence-corrected chi connectivity index (χ4v) is 2.41. The molecule has 1 fully saturated rings. The molecule has 21 heavy (non-hydrogen) atoms. The van der Waals surface area contributed by atoms with E-state index in [0.717, 1.165) is 31.6 Å². The van der Waals surface area contributed by atoms with Gasteiger partial charge in [0.1, 0.15) is 6.61 Å². The van der Waals surface area contributed by atoms with Crippen LogP contribution in [0.5, 0.6) is 0 Å². The highest BCUT2D eigenvalue weighted by Crippen LogP contribution is 2.14. The normalized spacial score (nSPS) is 19.4. The van der Waals surface area contributed by atoms with Crippen LogP contribution in [0.25, 0.3) is 0 Å². The topological polar surface area (TPSA) is 47.6 Å². The number of nitrogens with one attached hydrogen (secondary N) is 1. The van der Waals surface area contributed by atoms with E-state index in [0.29, 0.717) is 19.3 Å². The second-order valence-corrected chi connectivity index (χ2v) is 5.62. The predicted molar refractivity (Wildman–Crippen MR) is 81.9 cm³/mol. The Labute approximate surface area is 126 Å². The molecule has 1 aliphatic rings. The zero-order valence-corrected chi connectivity index (χ0v) is 12.7. The third-order valence-electron chi connectivity index (χ3n) is 3.74. The first-order valence-electron chi connectivity index (χ1n) is 7.78. The molecule has 1 aliphatic heterocycles. The highest BCUT2D eigenvalue weighted by molar-refractivity contribution is 5.72. The smallest absolute Gasteiger partial charge is 0.310 e. The average Bonchev–Trinajstić information content (AvgIpc) is 3.03. The number of carbonyl (C=O) groups excluding carboxylic acids is 1. The fourth-order valence-electron chi connectivity index (χ4n) is 2.41. The standard InChI is InChI=1S/C17H25NO3/c1-14(12-18-10-9-16-8-5-11-20-16)17(19)21-13-15-6-3-2-4-7-15/h2-4,6-7,14,16,18H,5,8-13H2,1H3. The molecule has 1 aromatic rings. The van der Waals surface area contributed by atoms with E-state index in [9.17, 15) is 4.79 Å². The molecule has 0 bridgehead atoms. The van der Waals surface area contributed by atoms with Gasteiger partial charge in [0, 0.05) is 13.2 Å². The summed E-state index contributed by atoms with van der Waals surface area (Å²) >= 11 is 0. The molecule has 4 heteroatoms. The van der Waals surface area contributed by atoms with Crippen LogP contribution in [-0.2, 0) is 20.9 Å². The highest BCUT2D eigenvalue weighted by Gasteiger charge is 2.16. The Morgan fingerprint density at radius 3 is 2.95 bits per heavy atom. The van der Waals surface area contributed by atoms with Gasteiger partial charge in [0.25, 0.3) is 0 Å². The molecule has 0 radical (unpaired) electrons. The first-order valence-corrected chi connectivity index (χ1v) is 7.78. The lowest BCUT2D eigenvalue weighted by Gasteiger charge is -2.14. The van der Waals surface area contributed by atoms with Crippen molar-refractivity contribution in [3.8, 4) is 0 Å². The van der Waals surface area contributed by atoms with E-state index < -0.39 is 0 Å². The van der Waals surface area contributed by atoms with Crippen molar-refractivity contribution in [2.24, 2.45) is 5.92 Å². The predicted octanol–water partition coefficient (Wildman–Crippen LogP) is 2.52. The lowest BCUT2D eigenvalue weighted by atomic mass is 10.1. The molecule has 1 heterocycles. The van der Waals surface area contributed by atoms with Gasteiger partial charge in [-0.05, 0) is 31.4 Å². The summed E-state index contributed by atoms with van der Waals surface area (Å²) in [5, 5.41) is 3.31. The van der Waals surface area contributed by atoms with Crippen molar-refractivity contribution in [3.05, 3.63) is 35.9 Å². The van der Waals surface area contributed by atoms with Crippen LogP contribution in [0.3, 0.4) is 0 Å². The molecule has 2 rings (SSSR count). The number of benzene rings is 1. The van der Waals surface area contributed by atoms with Gasteiger partial charge in [0.15, 0.2) is 0 Å². The van der Waals surface area contributed by atoms with Gasteiger partial charge < -0.3 is 14.8 Å². The molecule has 0 spiro atoms. The monoisotopic (exact) mass is 291 g/mol. The summed E-state index contributed by atoms with van der Waals surface area (Å²) in [6, 6.07) is 9.75. The van der Waals surface area contributed by atoms with Gasteiger partial charge in [0.2, 0.25) is 0 Å². The van der Waals surface area contributed by atoms with Crippen molar-refractivity contribution < 1.29 is 14.3 Å². The molecule has 4 nitrogen and oxygen atoms in total. The summed E-state index contributed by atoms with van der Waals surface area (Å²) < 4.78 is 10.9. The van der Waals surface area contributed by atoms with Gasteiger partial charge >= 0.3 is 5.97 Å². The van der Waals surface area contributed by atoms with E-state index >= 15 is 0 Å². The fraction of sp³-hybridized carbons (Fsp3) is 0.588. The Morgan fingerprint density at radius 2 is 2.24 bits per heavy atom. The molecule has 1 saturated heterocycles. The minimum Gasteiger partial charge on any atom is -0.461 e. The van der Waals surface area contributed by atoms with Crippen molar-refractivity contribution in [3.63, 3.8) is 0 Å². The maximum Gasteiger partial charge on any atom is 0.310 e. The van der Waals surface area contributed by atoms with Crippen LogP contribution in [0.2, 0.25) is 0 Å². The van der Waals surface area contributed by atoms with Gasteiger partial charge in [-0.3, -0.25) is 4.79 Å². The average molecular weight is 291 g/mol. The van der Waals surface area contributed by atoms with Crippen molar-refractivity contribution in [2.45, 2.75) is 38.9 Å². The Morgan fingerprint density at radius 1 is 1.43 bits per heavy atom. The zero-order chi connectivity index (χ0) is 14.9. The molecule has 0 aliphatic carbocycles. The molecular weight excluding hydrogens is 266 g/mol. The first-order chi connectivity index (χ1) is 10.3. The van der Waals surface area contributed by atoms with Crippen LogP contribution < -0.4 is 5.32 Å². The van der Waals surface area contributed by atoms with Crippen LogP contribution in [0.1, 0.15) is 31.7 Å². The lowest BCUT2D eigenvalue weighted by Crippen LogP contribution is -2.29. The van der Waals surface area contributed by atoms with Crippen LogP contribution in [0.15, 0.2) is 30.3 Å². The van der Waals surface area contributed by atoms with Gasteiger partial charge in [-0.25, -0.2) is 0 Å². The molecular formula is C17H25NO3. The summed E-state index contributed by atoms with van der Waals surface area (Å²) in [4.78, 5) is 11.9. The second kappa shape index (κ2) is 8.80. The molecule has 0 amide bonds. The van der Waals surface area contributed by atoms with E-state index in [1.54, 1.807) is 0 Å². The zero-order valence-electron chi connectivity index (χ0n) is 12.7. The van der Waals surface area contributed by atoms with Gasteiger partial charge in [0.05, 0.1) is 12.0 Å². The van der Waals surface area contributed by atoms with Gasteiger partial charge in [-0.15, -0.1) is 0 Å². The summed E-state index contributed by atoms with van der Waals surface area (Å²) in [5.41, 5.74) is 1.02. The number of hydrogen-bond donors (Lipinski definition) is 1. The summed E-state index contributed by atoms with van der Waals surface area (Å²) in [6.07, 6.45) is 3.76. The second-order valence-electron chi connectivity index (χ2n) is 5.62.